The molecule has 0 radical (unpaired) electrons. The van der Waals surface area contributed by atoms with Crippen molar-refractivity contribution in [2.45, 2.75) is 25.2 Å². The van der Waals surface area contributed by atoms with Gasteiger partial charge in [0.2, 0.25) is 10.0 Å². The summed E-state index contributed by atoms with van der Waals surface area (Å²) in [6, 6.07) is 14.3. The van der Waals surface area contributed by atoms with E-state index >= 15 is 0 Å². The Kier molecular flexibility index (Phi) is 4.57. The first-order chi connectivity index (χ1) is 11.4. The number of rotatable bonds is 5. The molecule has 1 saturated carbocycles. The molecule has 0 aliphatic heterocycles. The fraction of sp³-hybridized carbons (Fsp3) is 0.278. The van der Waals surface area contributed by atoms with Gasteiger partial charge in [0.25, 0.3) is 5.91 Å². The molecule has 1 fully saturated rings. The van der Waals surface area contributed by atoms with Gasteiger partial charge >= 0.3 is 0 Å². The zero-order chi connectivity index (χ0) is 17.2. The highest BCUT2D eigenvalue weighted by Crippen LogP contribution is 2.38. The molecule has 126 valence electrons. The number of anilines is 2. The molecule has 0 bridgehead atoms. The first-order valence-corrected chi connectivity index (χ1v) is 9.80. The van der Waals surface area contributed by atoms with Crippen LogP contribution in [0.2, 0.25) is 0 Å². The molecule has 1 amide bonds. The van der Waals surface area contributed by atoms with Crippen LogP contribution < -0.4 is 10.0 Å². The van der Waals surface area contributed by atoms with Crippen LogP contribution in [0.3, 0.4) is 0 Å². The zero-order valence-corrected chi connectivity index (χ0v) is 14.3. The molecule has 1 aliphatic carbocycles. The van der Waals surface area contributed by atoms with Gasteiger partial charge in [0.15, 0.2) is 0 Å². The van der Waals surface area contributed by atoms with Gasteiger partial charge in [0.05, 0.1) is 11.9 Å². The summed E-state index contributed by atoms with van der Waals surface area (Å²) >= 11 is 0. The van der Waals surface area contributed by atoms with E-state index in [0.29, 0.717) is 22.9 Å². The third-order valence-electron chi connectivity index (χ3n) is 4.17. The van der Waals surface area contributed by atoms with Crippen LogP contribution in [0.15, 0.2) is 48.5 Å². The van der Waals surface area contributed by atoms with Crippen molar-refractivity contribution in [3.63, 3.8) is 0 Å². The van der Waals surface area contributed by atoms with Crippen molar-refractivity contribution in [3.05, 3.63) is 59.7 Å². The van der Waals surface area contributed by atoms with Gasteiger partial charge in [-0.2, -0.15) is 0 Å². The molecule has 3 rings (SSSR count). The molecule has 1 aliphatic rings. The van der Waals surface area contributed by atoms with Gasteiger partial charge in [-0.25, -0.2) is 8.42 Å². The topological polar surface area (TPSA) is 75.3 Å². The SMILES string of the molecule is CS(=O)(=O)Nc1cccc(NC(=O)c2ccccc2C2CCC2)c1. The highest BCUT2D eigenvalue weighted by atomic mass is 32.2. The second-order valence-corrected chi connectivity index (χ2v) is 7.87. The number of nitrogens with one attached hydrogen (secondary N) is 2. The van der Waals surface area contributed by atoms with Crippen molar-refractivity contribution in [2.24, 2.45) is 0 Å². The Labute approximate surface area is 142 Å². The average Bonchev–Trinajstić information content (AvgIpc) is 2.44. The van der Waals surface area contributed by atoms with E-state index in [4.69, 9.17) is 0 Å². The van der Waals surface area contributed by atoms with E-state index < -0.39 is 10.0 Å². The Bertz CT molecular complexity index is 858. The van der Waals surface area contributed by atoms with Gasteiger partial charge < -0.3 is 5.32 Å². The maximum atomic E-state index is 12.6. The summed E-state index contributed by atoms with van der Waals surface area (Å²) in [5, 5.41) is 2.85. The molecule has 0 unspecified atom stereocenters. The Morgan fingerprint density at radius 3 is 2.42 bits per heavy atom. The van der Waals surface area contributed by atoms with Crippen molar-refractivity contribution < 1.29 is 13.2 Å². The fourth-order valence-electron chi connectivity index (χ4n) is 2.85. The van der Waals surface area contributed by atoms with E-state index in [-0.39, 0.29) is 5.91 Å². The Morgan fingerprint density at radius 2 is 1.75 bits per heavy atom. The third kappa shape index (κ3) is 3.94. The monoisotopic (exact) mass is 344 g/mol. The average molecular weight is 344 g/mol. The molecule has 2 aromatic rings. The van der Waals surface area contributed by atoms with Crippen molar-refractivity contribution >= 4 is 27.3 Å². The van der Waals surface area contributed by atoms with E-state index in [1.165, 1.54) is 6.42 Å². The largest absolute Gasteiger partial charge is 0.322 e. The van der Waals surface area contributed by atoms with Gasteiger partial charge in [0.1, 0.15) is 0 Å². The van der Waals surface area contributed by atoms with Crippen LogP contribution in [0.25, 0.3) is 0 Å². The minimum absolute atomic E-state index is 0.172. The minimum atomic E-state index is -3.35. The van der Waals surface area contributed by atoms with Crippen LogP contribution in [0.5, 0.6) is 0 Å². The lowest BCUT2D eigenvalue weighted by molar-refractivity contribution is 0.102. The number of benzene rings is 2. The second-order valence-electron chi connectivity index (χ2n) is 6.12. The quantitative estimate of drug-likeness (QED) is 0.870. The zero-order valence-electron chi connectivity index (χ0n) is 13.5. The highest BCUT2D eigenvalue weighted by Gasteiger charge is 2.24. The van der Waals surface area contributed by atoms with Gasteiger partial charge in [-0.1, -0.05) is 30.7 Å². The number of carbonyl (C=O) groups excluding carboxylic acids is 1. The predicted octanol–water partition coefficient (Wildman–Crippen LogP) is 3.58. The lowest BCUT2D eigenvalue weighted by Crippen LogP contribution is -2.18. The fourth-order valence-corrected chi connectivity index (χ4v) is 3.41. The van der Waals surface area contributed by atoms with Gasteiger partial charge in [-0.05, 0) is 48.6 Å². The van der Waals surface area contributed by atoms with Gasteiger partial charge in [-0.15, -0.1) is 0 Å². The second kappa shape index (κ2) is 6.65. The summed E-state index contributed by atoms with van der Waals surface area (Å²) in [5.74, 6) is 0.291. The summed E-state index contributed by atoms with van der Waals surface area (Å²) < 4.78 is 25.0. The number of hydrogen-bond acceptors (Lipinski definition) is 3. The molecule has 24 heavy (non-hydrogen) atoms. The number of carbonyl (C=O) groups is 1. The van der Waals surface area contributed by atoms with E-state index in [9.17, 15) is 13.2 Å². The third-order valence-corrected chi connectivity index (χ3v) is 4.78. The van der Waals surface area contributed by atoms with Crippen molar-refractivity contribution in [1.82, 2.24) is 0 Å². The summed E-state index contributed by atoms with van der Waals surface area (Å²) in [4.78, 5) is 12.6. The minimum Gasteiger partial charge on any atom is -0.322 e. The molecule has 0 spiro atoms. The van der Waals surface area contributed by atoms with Crippen LogP contribution in [0.4, 0.5) is 11.4 Å². The number of sulfonamides is 1. The van der Waals surface area contributed by atoms with E-state index in [0.717, 1.165) is 24.7 Å². The lowest BCUT2D eigenvalue weighted by atomic mass is 9.78. The first kappa shape index (κ1) is 16.5. The van der Waals surface area contributed by atoms with Crippen LogP contribution in [-0.2, 0) is 10.0 Å². The Morgan fingerprint density at radius 1 is 1.04 bits per heavy atom. The summed E-state index contributed by atoms with van der Waals surface area (Å²) in [5.41, 5.74) is 2.75. The van der Waals surface area contributed by atoms with Gasteiger partial charge in [0, 0.05) is 11.3 Å². The van der Waals surface area contributed by atoms with E-state index in [1.54, 1.807) is 24.3 Å². The Hall–Kier alpha value is -2.34. The molecular formula is C18H20N2O3S. The molecule has 2 N–H and O–H groups in total. The summed E-state index contributed by atoms with van der Waals surface area (Å²) in [6.07, 6.45) is 4.54. The van der Waals surface area contributed by atoms with Gasteiger partial charge in [-0.3, -0.25) is 9.52 Å². The van der Waals surface area contributed by atoms with Crippen LogP contribution in [-0.4, -0.2) is 20.6 Å². The van der Waals surface area contributed by atoms with Crippen molar-refractivity contribution in [2.75, 3.05) is 16.3 Å². The van der Waals surface area contributed by atoms with Crippen LogP contribution in [0, 0.1) is 0 Å². The molecular weight excluding hydrogens is 324 g/mol. The molecule has 5 nitrogen and oxygen atoms in total. The molecule has 6 heteroatoms. The van der Waals surface area contributed by atoms with E-state index in [1.807, 2.05) is 24.3 Å². The Balaban J connectivity index is 1.79. The molecule has 0 atom stereocenters. The summed E-state index contributed by atoms with van der Waals surface area (Å²) in [7, 11) is -3.35. The molecule has 0 heterocycles. The van der Waals surface area contributed by atoms with Crippen molar-refractivity contribution in [3.8, 4) is 0 Å². The summed E-state index contributed by atoms with van der Waals surface area (Å²) in [6.45, 7) is 0. The number of amides is 1. The molecule has 0 aromatic heterocycles. The van der Waals surface area contributed by atoms with Crippen LogP contribution >= 0.6 is 0 Å². The molecule has 0 saturated heterocycles. The van der Waals surface area contributed by atoms with E-state index in [2.05, 4.69) is 10.0 Å². The molecule has 2 aromatic carbocycles. The van der Waals surface area contributed by atoms with Crippen LogP contribution in [0.1, 0.15) is 41.1 Å². The number of hydrogen-bond donors (Lipinski definition) is 2. The maximum Gasteiger partial charge on any atom is 0.255 e. The highest BCUT2D eigenvalue weighted by molar-refractivity contribution is 7.92. The maximum absolute atomic E-state index is 12.6. The lowest BCUT2D eigenvalue weighted by Gasteiger charge is -2.27. The first-order valence-electron chi connectivity index (χ1n) is 7.90. The normalized spacial score (nSPS) is 14.7. The van der Waals surface area contributed by atoms with Crippen molar-refractivity contribution in [1.29, 1.82) is 0 Å². The standard InChI is InChI=1S/C18H20N2O3S/c1-24(22,23)20-15-9-5-8-14(12-15)19-18(21)17-11-3-2-10-16(17)13-6-4-7-13/h2-3,5,8-13,20H,4,6-7H2,1H3,(H,19,21). The smallest absolute Gasteiger partial charge is 0.255 e. The predicted molar refractivity (Wildman–Crippen MR) is 95.9 cm³/mol.